The molecule has 0 unspecified atom stereocenters. The molecule has 8 heteroatoms. The van der Waals surface area contributed by atoms with Gasteiger partial charge in [-0.15, -0.1) is 5.10 Å². The minimum Gasteiger partial charge on any atom is -0.296 e. The fraction of sp³-hybridized carbons (Fsp3) is 0.333. The van der Waals surface area contributed by atoms with E-state index in [1.165, 1.54) is 15.1 Å². The summed E-state index contributed by atoms with van der Waals surface area (Å²) in [5, 5.41) is 4.82. The van der Waals surface area contributed by atoms with Gasteiger partial charge >= 0.3 is 5.69 Å². The van der Waals surface area contributed by atoms with E-state index in [4.69, 9.17) is 11.6 Å². The van der Waals surface area contributed by atoms with Crippen molar-refractivity contribution in [3.05, 3.63) is 69.5 Å². The van der Waals surface area contributed by atoms with Gasteiger partial charge in [0, 0.05) is 49.5 Å². The lowest BCUT2D eigenvalue weighted by Gasteiger charge is -2.34. The Labute approximate surface area is 155 Å². The standard InChI is InChI=1S/C18H19ClFN5O/c19-15-4-3-5-16(20)14(15)12-22-8-10-23(11-9-22)13-25-18(26)24-7-2-1-6-17(24)21-25/h1-7H,8-13H2. The number of piperazine rings is 1. The normalized spacial score (nSPS) is 16.4. The van der Waals surface area contributed by atoms with E-state index in [0.29, 0.717) is 29.4 Å². The van der Waals surface area contributed by atoms with Gasteiger partial charge in [-0.3, -0.25) is 14.2 Å². The van der Waals surface area contributed by atoms with Gasteiger partial charge in [0.15, 0.2) is 5.65 Å². The zero-order valence-corrected chi connectivity index (χ0v) is 14.9. The number of nitrogens with zero attached hydrogens (tertiary/aromatic N) is 5. The van der Waals surface area contributed by atoms with Gasteiger partial charge < -0.3 is 0 Å². The summed E-state index contributed by atoms with van der Waals surface area (Å²) in [5.41, 5.74) is 1.05. The van der Waals surface area contributed by atoms with Crippen molar-refractivity contribution in [3.63, 3.8) is 0 Å². The Bertz CT molecular complexity index is 957. The molecule has 136 valence electrons. The van der Waals surface area contributed by atoms with Crippen molar-refractivity contribution in [2.75, 3.05) is 26.2 Å². The van der Waals surface area contributed by atoms with E-state index in [1.807, 2.05) is 18.2 Å². The third kappa shape index (κ3) is 3.38. The first-order valence-corrected chi connectivity index (χ1v) is 8.91. The average molecular weight is 376 g/mol. The fourth-order valence-corrected chi connectivity index (χ4v) is 3.47. The Hall–Kier alpha value is -2.22. The highest BCUT2D eigenvalue weighted by Gasteiger charge is 2.20. The second-order valence-corrected chi connectivity index (χ2v) is 6.85. The van der Waals surface area contributed by atoms with E-state index in [9.17, 15) is 9.18 Å². The Kier molecular flexibility index (Phi) is 4.76. The number of fused-ring (bicyclic) bond motifs is 1. The molecule has 0 saturated carbocycles. The molecule has 0 atom stereocenters. The van der Waals surface area contributed by atoms with Crippen LogP contribution in [0.5, 0.6) is 0 Å². The summed E-state index contributed by atoms with van der Waals surface area (Å²) in [7, 11) is 0. The molecule has 1 saturated heterocycles. The van der Waals surface area contributed by atoms with Crippen LogP contribution in [0.2, 0.25) is 5.02 Å². The van der Waals surface area contributed by atoms with Gasteiger partial charge in [-0.2, -0.15) is 4.68 Å². The van der Waals surface area contributed by atoms with Crippen LogP contribution < -0.4 is 5.69 Å². The van der Waals surface area contributed by atoms with Gasteiger partial charge in [-0.25, -0.2) is 9.18 Å². The minimum absolute atomic E-state index is 0.138. The third-order valence-electron chi connectivity index (χ3n) is 4.73. The van der Waals surface area contributed by atoms with Crippen LogP contribution in [-0.2, 0) is 13.2 Å². The van der Waals surface area contributed by atoms with Crippen LogP contribution in [0.1, 0.15) is 5.56 Å². The van der Waals surface area contributed by atoms with Crippen LogP contribution in [0.3, 0.4) is 0 Å². The second kappa shape index (κ2) is 7.19. The largest absolute Gasteiger partial charge is 0.351 e. The number of rotatable bonds is 4. The topological polar surface area (TPSA) is 45.8 Å². The summed E-state index contributed by atoms with van der Waals surface area (Å²) in [6, 6.07) is 10.3. The Morgan fingerprint density at radius 2 is 1.81 bits per heavy atom. The SMILES string of the molecule is O=c1n(CN2CCN(Cc3c(F)cccc3Cl)CC2)nc2ccccn12. The average Bonchev–Trinajstić information content (AvgIpc) is 2.96. The van der Waals surface area contributed by atoms with Crippen molar-refractivity contribution in [1.82, 2.24) is 24.0 Å². The Morgan fingerprint density at radius 1 is 1.04 bits per heavy atom. The molecule has 0 aliphatic carbocycles. The predicted molar refractivity (Wildman–Crippen MR) is 97.7 cm³/mol. The highest BCUT2D eigenvalue weighted by molar-refractivity contribution is 6.31. The molecule has 26 heavy (non-hydrogen) atoms. The van der Waals surface area contributed by atoms with E-state index in [-0.39, 0.29) is 11.5 Å². The zero-order valence-electron chi connectivity index (χ0n) is 14.2. The van der Waals surface area contributed by atoms with Gasteiger partial charge in [-0.1, -0.05) is 23.7 Å². The molecule has 6 nitrogen and oxygen atoms in total. The maximum absolute atomic E-state index is 13.9. The summed E-state index contributed by atoms with van der Waals surface area (Å²) >= 11 is 6.12. The number of benzene rings is 1. The Morgan fingerprint density at radius 3 is 2.54 bits per heavy atom. The molecule has 1 aliphatic rings. The summed E-state index contributed by atoms with van der Waals surface area (Å²) < 4.78 is 17.0. The summed E-state index contributed by atoms with van der Waals surface area (Å²) in [6.07, 6.45) is 1.72. The Balaban J connectivity index is 1.39. The highest BCUT2D eigenvalue weighted by Crippen LogP contribution is 2.21. The molecule has 0 N–H and O–H groups in total. The van der Waals surface area contributed by atoms with Gasteiger partial charge in [0.2, 0.25) is 0 Å². The second-order valence-electron chi connectivity index (χ2n) is 6.45. The molecular weight excluding hydrogens is 357 g/mol. The van der Waals surface area contributed by atoms with Gasteiger partial charge in [0.1, 0.15) is 5.82 Å². The van der Waals surface area contributed by atoms with Gasteiger partial charge in [0.05, 0.1) is 6.67 Å². The van der Waals surface area contributed by atoms with Crippen LogP contribution in [0.4, 0.5) is 4.39 Å². The monoisotopic (exact) mass is 375 g/mol. The zero-order chi connectivity index (χ0) is 18.1. The molecule has 2 aromatic heterocycles. The molecule has 0 radical (unpaired) electrons. The predicted octanol–water partition coefficient (Wildman–Crippen LogP) is 2.06. The molecule has 0 spiro atoms. The van der Waals surface area contributed by atoms with Gasteiger partial charge in [-0.05, 0) is 24.3 Å². The molecule has 1 fully saturated rings. The van der Waals surface area contributed by atoms with E-state index >= 15 is 0 Å². The van der Waals surface area contributed by atoms with Crippen LogP contribution in [-0.4, -0.2) is 50.2 Å². The van der Waals surface area contributed by atoms with Crippen LogP contribution in [0, 0.1) is 5.82 Å². The molecule has 1 aromatic carbocycles. The minimum atomic E-state index is -0.267. The lowest BCUT2D eigenvalue weighted by Crippen LogP contribution is -2.47. The van der Waals surface area contributed by atoms with Crippen molar-refractivity contribution in [3.8, 4) is 0 Å². The first-order chi connectivity index (χ1) is 12.6. The van der Waals surface area contributed by atoms with Crippen LogP contribution in [0.25, 0.3) is 5.65 Å². The third-order valence-corrected chi connectivity index (χ3v) is 5.08. The lowest BCUT2D eigenvalue weighted by molar-refractivity contribution is 0.0969. The smallest absolute Gasteiger partial charge is 0.296 e. The summed E-state index contributed by atoms with van der Waals surface area (Å²) in [5.74, 6) is -0.267. The summed E-state index contributed by atoms with van der Waals surface area (Å²) in [4.78, 5) is 16.7. The molecule has 0 amide bonds. The van der Waals surface area contributed by atoms with Gasteiger partial charge in [0.25, 0.3) is 0 Å². The van der Waals surface area contributed by atoms with E-state index in [2.05, 4.69) is 14.9 Å². The molecule has 4 rings (SSSR count). The maximum atomic E-state index is 13.9. The number of pyridine rings is 1. The van der Waals surface area contributed by atoms with Crippen molar-refractivity contribution < 1.29 is 4.39 Å². The maximum Gasteiger partial charge on any atom is 0.351 e. The van der Waals surface area contributed by atoms with Crippen molar-refractivity contribution >= 4 is 17.2 Å². The molecule has 3 heterocycles. The highest BCUT2D eigenvalue weighted by atomic mass is 35.5. The van der Waals surface area contributed by atoms with E-state index in [0.717, 1.165) is 26.2 Å². The van der Waals surface area contributed by atoms with E-state index < -0.39 is 0 Å². The number of halogens is 2. The lowest BCUT2D eigenvalue weighted by atomic mass is 10.2. The molecule has 0 bridgehead atoms. The number of hydrogen-bond acceptors (Lipinski definition) is 4. The van der Waals surface area contributed by atoms with E-state index in [1.54, 1.807) is 18.3 Å². The van der Waals surface area contributed by atoms with Crippen molar-refractivity contribution in [2.24, 2.45) is 0 Å². The van der Waals surface area contributed by atoms with Crippen molar-refractivity contribution in [2.45, 2.75) is 13.2 Å². The molecule has 3 aromatic rings. The first-order valence-electron chi connectivity index (χ1n) is 8.53. The van der Waals surface area contributed by atoms with Crippen LogP contribution >= 0.6 is 11.6 Å². The van der Waals surface area contributed by atoms with Crippen LogP contribution in [0.15, 0.2) is 47.4 Å². The van der Waals surface area contributed by atoms with Crippen molar-refractivity contribution in [1.29, 1.82) is 0 Å². The first kappa shape index (κ1) is 17.2. The summed E-state index contributed by atoms with van der Waals surface area (Å²) in [6.45, 7) is 4.08. The number of aromatic nitrogens is 3. The quantitative estimate of drug-likeness (QED) is 0.700. The fourth-order valence-electron chi connectivity index (χ4n) is 3.25. The number of hydrogen-bond donors (Lipinski definition) is 0. The molecular formula is C18H19ClFN5O. The molecule has 1 aliphatic heterocycles.